The van der Waals surface area contributed by atoms with Crippen LogP contribution < -0.4 is 10.0 Å². The van der Waals surface area contributed by atoms with Crippen molar-refractivity contribution < 1.29 is 31.2 Å². The summed E-state index contributed by atoms with van der Waals surface area (Å²) in [6.45, 7) is 2.20. The van der Waals surface area contributed by atoms with Crippen molar-refractivity contribution in [2.75, 3.05) is 25.0 Å². The number of hydrogen-bond donors (Lipinski definition) is 2. The Morgan fingerprint density at radius 1 is 0.914 bits per heavy atom. The largest absolute Gasteiger partial charge is 0.452 e. The van der Waals surface area contributed by atoms with Gasteiger partial charge in [0, 0.05) is 25.3 Å². The molecular weight excluding hydrogens is 494 g/mol. The number of nitrogens with zero attached hydrogens (tertiary/aromatic N) is 1. The Morgan fingerprint density at radius 2 is 1.54 bits per heavy atom. The monoisotopic (exact) mass is 523 g/mol. The quantitative estimate of drug-likeness (QED) is 0.455. The molecule has 0 saturated carbocycles. The van der Waals surface area contributed by atoms with Crippen molar-refractivity contribution in [2.45, 2.75) is 48.5 Å². The lowest BCUT2D eigenvalue weighted by atomic mass is 10.2. The lowest BCUT2D eigenvalue weighted by molar-refractivity contribution is -0.152. The van der Waals surface area contributed by atoms with Gasteiger partial charge in [-0.15, -0.1) is 0 Å². The topological polar surface area (TPSA) is 139 Å². The van der Waals surface area contributed by atoms with Gasteiger partial charge in [-0.1, -0.05) is 24.6 Å². The summed E-state index contributed by atoms with van der Waals surface area (Å²) in [6, 6.07) is 13.5. The second-order valence-electron chi connectivity index (χ2n) is 8.07. The second kappa shape index (κ2) is 11.8. The third-order valence-electron chi connectivity index (χ3n) is 5.43. The van der Waals surface area contributed by atoms with Crippen molar-refractivity contribution in [3.63, 3.8) is 0 Å². The van der Waals surface area contributed by atoms with E-state index in [1.807, 2.05) is 0 Å². The van der Waals surface area contributed by atoms with Gasteiger partial charge < -0.3 is 10.1 Å². The molecular formula is C23H29N3O7S2. The summed E-state index contributed by atoms with van der Waals surface area (Å²) in [5.41, 5.74) is 0.353. The number of nitrogens with one attached hydrogen (secondary N) is 2. The first-order valence-corrected chi connectivity index (χ1v) is 14.2. The van der Waals surface area contributed by atoms with Gasteiger partial charge in [-0.2, -0.15) is 4.31 Å². The smallest absolute Gasteiger partial charge is 0.307 e. The summed E-state index contributed by atoms with van der Waals surface area (Å²) in [4.78, 5) is 24.6. The molecule has 35 heavy (non-hydrogen) atoms. The standard InChI is InChI=1S/C23H29N3O7S2/c1-18(33-22(27)14-15-24-34(29,30)20-8-4-2-5-9-20)23(28)25-19-10-12-21(13-11-19)35(31,32)26-16-6-3-7-17-26/h2,4-5,8-13,18,24H,3,6-7,14-17H2,1H3,(H,25,28)/t18-/m1/s1. The number of sulfonamides is 2. The van der Waals surface area contributed by atoms with Gasteiger partial charge in [0.05, 0.1) is 16.2 Å². The number of rotatable bonds is 10. The molecule has 1 heterocycles. The fourth-order valence-corrected chi connectivity index (χ4v) is 6.06. The van der Waals surface area contributed by atoms with E-state index < -0.39 is 38.0 Å². The molecule has 1 saturated heterocycles. The van der Waals surface area contributed by atoms with Crippen LogP contribution in [-0.2, 0) is 34.4 Å². The van der Waals surface area contributed by atoms with E-state index in [0.717, 1.165) is 19.3 Å². The minimum absolute atomic E-state index is 0.0795. The number of benzene rings is 2. The third kappa shape index (κ3) is 7.34. The number of ether oxygens (including phenoxy) is 1. The molecule has 0 unspecified atom stereocenters. The number of piperidine rings is 1. The molecule has 0 aromatic heterocycles. The molecule has 1 amide bonds. The van der Waals surface area contributed by atoms with E-state index in [1.165, 1.54) is 47.6 Å². The van der Waals surface area contributed by atoms with E-state index in [-0.39, 0.29) is 22.8 Å². The molecule has 0 spiro atoms. The van der Waals surface area contributed by atoms with Gasteiger partial charge >= 0.3 is 5.97 Å². The van der Waals surface area contributed by atoms with Gasteiger partial charge in [-0.3, -0.25) is 9.59 Å². The highest BCUT2D eigenvalue weighted by Gasteiger charge is 2.26. The molecule has 3 rings (SSSR count). The van der Waals surface area contributed by atoms with Crippen LogP contribution in [0.1, 0.15) is 32.6 Å². The first-order valence-electron chi connectivity index (χ1n) is 11.2. The minimum Gasteiger partial charge on any atom is -0.452 e. The molecule has 12 heteroatoms. The number of carbonyl (C=O) groups is 2. The highest BCUT2D eigenvalue weighted by Crippen LogP contribution is 2.22. The lowest BCUT2D eigenvalue weighted by Gasteiger charge is -2.25. The fourth-order valence-electron chi connectivity index (χ4n) is 3.49. The van der Waals surface area contributed by atoms with Gasteiger partial charge in [-0.05, 0) is 56.2 Å². The summed E-state index contributed by atoms with van der Waals surface area (Å²) in [5.74, 6) is -1.35. The Morgan fingerprint density at radius 3 is 2.17 bits per heavy atom. The van der Waals surface area contributed by atoms with Crippen LogP contribution in [0.3, 0.4) is 0 Å². The van der Waals surface area contributed by atoms with Crippen molar-refractivity contribution in [2.24, 2.45) is 0 Å². The summed E-state index contributed by atoms with van der Waals surface area (Å²) in [7, 11) is -7.32. The van der Waals surface area contributed by atoms with Crippen molar-refractivity contribution in [1.82, 2.24) is 9.03 Å². The summed E-state index contributed by atoms with van der Waals surface area (Å²) < 4.78 is 58.6. The SMILES string of the molecule is C[C@@H](OC(=O)CCNS(=O)(=O)c1ccccc1)C(=O)Nc1ccc(S(=O)(=O)N2CCCCC2)cc1. The Labute approximate surface area is 205 Å². The number of amides is 1. The van der Waals surface area contributed by atoms with E-state index in [0.29, 0.717) is 18.8 Å². The molecule has 1 atom stereocenters. The fraction of sp³-hybridized carbons (Fsp3) is 0.391. The Hall–Kier alpha value is -2.80. The molecule has 2 aromatic rings. The van der Waals surface area contributed by atoms with E-state index >= 15 is 0 Å². The van der Waals surface area contributed by atoms with Crippen LogP contribution in [-0.4, -0.2) is 58.8 Å². The van der Waals surface area contributed by atoms with E-state index in [1.54, 1.807) is 18.2 Å². The van der Waals surface area contributed by atoms with Crippen molar-refractivity contribution in [1.29, 1.82) is 0 Å². The molecule has 2 N–H and O–H groups in total. The second-order valence-corrected chi connectivity index (χ2v) is 11.8. The highest BCUT2D eigenvalue weighted by atomic mass is 32.2. The first-order chi connectivity index (χ1) is 16.6. The van der Waals surface area contributed by atoms with E-state index in [4.69, 9.17) is 4.74 Å². The average Bonchev–Trinajstić information content (AvgIpc) is 2.85. The number of hydrogen-bond acceptors (Lipinski definition) is 7. The molecule has 0 aliphatic carbocycles. The van der Waals surface area contributed by atoms with Gasteiger partial charge in [-0.25, -0.2) is 21.6 Å². The van der Waals surface area contributed by atoms with Crippen molar-refractivity contribution in [3.8, 4) is 0 Å². The number of esters is 1. The Kier molecular flexibility index (Phi) is 9.00. The first kappa shape index (κ1) is 26.8. The van der Waals surface area contributed by atoms with Gasteiger partial charge in [0.25, 0.3) is 5.91 Å². The summed E-state index contributed by atoms with van der Waals surface area (Å²) in [6.07, 6.45) is 1.30. The van der Waals surface area contributed by atoms with Crippen LogP contribution in [0.25, 0.3) is 0 Å². The van der Waals surface area contributed by atoms with Crippen LogP contribution in [0.4, 0.5) is 5.69 Å². The molecule has 10 nitrogen and oxygen atoms in total. The van der Waals surface area contributed by atoms with Crippen LogP contribution in [0.2, 0.25) is 0 Å². The maximum atomic E-state index is 12.7. The van der Waals surface area contributed by atoms with Crippen LogP contribution in [0.15, 0.2) is 64.4 Å². The molecule has 1 aliphatic rings. The van der Waals surface area contributed by atoms with Crippen LogP contribution in [0.5, 0.6) is 0 Å². The zero-order valence-corrected chi connectivity index (χ0v) is 21.0. The van der Waals surface area contributed by atoms with Crippen molar-refractivity contribution >= 4 is 37.6 Å². The van der Waals surface area contributed by atoms with Crippen LogP contribution in [0, 0.1) is 0 Å². The van der Waals surface area contributed by atoms with Gasteiger partial charge in [0.2, 0.25) is 20.0 Å². The molecule has 0 bridgehead atoms. The minimum atomic E-state index is -3.75. The predicted molar refractivity (Wildman–Crippen MR) is 129 cm³/mol. The molecule has 0 radical (unpaired) electrons. The van der Waals surface area contributed by atoms with Gasteiger partial charge in [0.15, 0.2) is 6.10 Å². The lowest BCUT2D eigenvalue weighted by Crippen LogP contribution is -2.35. The third-order valence-corrected chi connectivity index (χ3v) is 8.82. The molecule has 1 fully saturated rings. The van der Waals surface area contributed by atoms with E-state index in [2.05, 4.69) is 10.0 Å². The predicted octanol–water partition coefficient (Wildman–Crippen LogP) is 2.10. The normalized spacial score (nSPS) is 15.8. The zero-order chi connectivity index (χ0) is 25.5. The highest BCUT2D eigenvalue weighted by molar-refractivity contribution is 7.89. The molecule has 2 aromatic carbocycles. The Bertz CT molecular complexity index is 1230. The number of carbonyl (C=O) groups excluding carboxylic acids is 2. The maximum Gasteiger partial charge on any atom is 0.307 e. The summed E-state index contributed by atoms with van der Waals surface area (Å²) >= 11 is 0. The molecule has 190 valence electrons. The average molecular weight is 524 g/mol. The molecule has 1 aliphatic heterocycles. The van der Waals surface area contributed by atoms with Crippen LogP contribution >= 0.6 is 0 Å². The van der Waals surface area contributed by atoms with E-state index in [9.17, 15) is 26.4 Å². The number of anilines is 1. The summed E-state index contributed by atoms with van der Waals surface area (Å²) in [5, 5.41) is 2.57. The zero-order valence-electron chi connectivity index (χ0n) is 19.3. The Balaban J connectivity index is 1.47. The van der Waals surface area contributed by atoms with Crippen molar-refractivity contribution in [3.05, 3.63) is 54.6 Å². The maximum absolute atomic E-state index is 12.7. The van der Waals surface area contributed by atoms with Gasteiger partial charge in [0.1, 0.15) is 0 Å².